The molecule has 0 atom stereocenters. The topological polar surface area (TPSA) is 80.0 Å². The molecule has 0 aliphatic heterocycles. The highest BCUT2D eigenvalue weighted by Gasteiger charge is 2.09. The zero-order valence-corrected chi connectivity index (χ0v) is 13.3. The Bertz CT molecular complexity index is 792. The second kappa shape index (κ2) is 7.25. The van der Waals surface area contributed by atoms with E-state index in [-0.39, 0.29) is 0 Å². The number of carbonyl (C=O) groups is 1. The maximum Gasteiger partial charge on any atom is 0.325 e. The Morgan fingerprint density at radius 3 is 3.00 bits per heavy atom. The van der Waals surface area contributed by atoms with E-state index in [0.29, 0.717) is 16.6 Å². The van der Waals surface area contributed by atoms with Gasteiger partial charge in [-0.2, -0.15) is 0 Å². The van der Waals surface area contributed by atoms with Crippen LogP contribution in [0.4, 0.5) is 20.0 Å². The predicted octanol–water partition coefficient (Wildman–Crippen LogP) is 4.21. The van der Waals surface area contributed by atoms with E-state index >= 15 is 0 Å². The molecule has 118 valence electrons. The van der Waals surface area contributed by atoms with Crippen molar-refractivity contribution in [3.8, 4) is 0 Å². The summed E-state index contributed by atoms with van der Waals surface area (Å²) in [5.74, 6) is 0.289. The van der Waals surface area contributed by atoms with Crippen molar-refractivity contribution in [3.05, 3.63) is 54.2 Å². The SMILES string of the molecule is O=C(Nc1cccc(F)c1)Nc1nnc(SCc2ccoc2)s1. The lowest BCUT2D eigenvalue weighted by molar-refractivity contribution is 0.262. The molecular formula is C14H11FN4O2S2. The van der Waals surface area contributed by atoms with Gasteiger partial charge in [-0.15, -0.1) is 10.2 Å². The molecule has 23 heavy (non-hydrogen) atoms. The molecule has 0 aliphatic carbocycles. The van der Waals surface area contributed by atoms with Crippen molar-refractivity contribution in [1.82, 2.24) is 10.2 Å². The summed E-state index contributed by atoms with van der Waals surface area (Å²) in [5.41, 5.74) is 1.41. The van der Waals surface area contributed by atoms with Crippen LogP contribution in [0.1, 0.15) is 5.56 Å². The van der Waals surface area contributed by atoms with Crippen molar-refractivity contribution in [1.29, 1.82) is 0 Å². The van der Waals surface area contributed by atoms with Crippen molar-refractivity contribution in [3.63, 3.8) is 0 Å². The number of halogens is 1. The van der Waals surface area contributed by atoms with E-state index in [2.05, 4.69) is 20.8 Å². The van der Waals surface area contributed by atoms with E-state index in [4.69, 9.17) is 4.42 Å². The van der Waals surface area contributed by atoms with Crippen LogP contribution in [0.5, 0.6) is 0 Å². The van der Waals surface area contributed by atoms with Crippen LogP contribution in [0.15, 0.2) is 51.6 Å². The molecule has 0 saturated carbocycles. The summed E-state index contributed by atoms with van der Waals surface area (Å²) in [6.45, 7) is 0. The Hall–Kier alpha value is -2.39. The van der Waals surface area contributed by atoms with Gasteiger partial charge in [0.05, 0.1) is 12.5 Å². The Morgan fingerprint density at radius 1 is 1.30 bits per heavy atom. The average molecular weight is 350 g/mol. The molecule has 1 aromatic carbocycles. The highest BCUT2D eigenvalue weighted by molar-refractivity contribution is 8.00. The summed E-state index contributed by atoms with van der Waals surface area (Å²) in [7, 11) is 0. The molecule has 6 nitrogen and oxygen atoms in total. The van der Waals surface area contributed by atoms with Crippen LogP contribution in [-0.4, -0.2) is 16.2 Å². The highest BCUT2D eigenvalue weighted by Crippen LogP contribution is 2.28. The molecule has 0 bridgehead atoms. The summed E-state index contributed by atoms with van der Waals surface area (Å²) < 4.78 is 18.8. The number of rotatable bonds is 5. The van der Waals surface area contributed by atoms with Crippen LogP contribution in [-0.2, 0) is 5.75 Å². The molecule has 2 heterocycles. The van der Waals surface area contributed by atoms with E-state index in [1.54, 1.807) is 18.6 Å². The van der Waals surface area contributed by atoms with E-state index < -0.39 is 11.8 Å². The van der Waals surface area contributed by atoms with Gasteiger partial charge in [-0.1, -0.05) is 29.2 Å². The number of carbonyl (C=O) groups excluding carboxylic acids is 1. The first-order valence-corrected chi connectivity index (χ1v) is 8.30. The number of nitrogens with one attached hydrogen (secondary N) is 2. The predicted molar refractivity (Wildman–Crippen MR) is 87.2 cm³/mol. The van der Waals surface area contributed by atoms with E-state index in [1.165, 1.54) is 41.3 Å². The number of benzene rings is 1. The molecule has 0 aliphatic rings. The molecular weight excluding hydrogens is 339 g/mol. The smallest absolute Gasteiger partial charge is 0.325 e. The first kappa shape index (κ1) is 15.5. The monoisotopic (exact) mass is 350 g/mol. The fourth-order valence-electron chi connectivity index (χ4n) is 1.66. The second-order valence-electron chi connectivity index (χ2n) is 4.38. The van der Waals surface area contributed by atoms with Gasteiger partial charge in [-0.3, -0.25) is 5.32 Å². The van der Waals surface area contributed by atoms with Gasteiger partial charge in [0.1, 0.15) is 5.82 Å². The normalized spacial score (nSPS) is 10.5. The third kappa shape index (κ3) is 4.54. The van der Waals surface area contributed by atoms with Gasteiger partial charge < -0.3 is 9.73 Å². The number of nitrogens with zero attached hydrogens (tertiary/aromatic N) is 2. The minimum absolute atomic E-state index is 0.363. The summed E-state index contributed by atoms with van der Waals surface area (Å²) >= 11 is 2.76. The molecule has 2 N–H and O–H groups in total. The van der Waals surface area contributed by atoms with Crippen molar-refractivity contribution in [2.75, 3.05) is 10.6 Å². The van der Waals surface area contributed by atoms with Crippen LogP contribution in [0.25, 0.3) is 0 Å². The molecule has 2 amide bonds. The maximum absolute atomic E-state index is 13.0. The molecule has 0 radical (unpaired) electrons. The standard InChI is InChI=1S/C14H11FN4O2S2/c15-10-2-1-3-11(6-10)16-12(20)17-13-18-19-14(23-13)22-8-9-4-5-21-7-9/h1-7H,8H2,(H2,16,17,18,20). The van der Waals surface area contributed by atoms with Gasteiger partial charge in [0, 0.05) is 17.0 Å². The first-order chi connectivity index (χ1) is 11.2. The number of hydrogen-bond acceptors (Lipinski definition) is 6. The number of urea groups is 1. The minimum atomic E-state index is -0.502. The van der Waals surface area contributed by atoms with Crippen LogP contribution in [0.3, 0.4) is 0 Å². The Morgan fingerprint density at radius 2 is 2.22 bits per heavy atom. The van der Waals surface area contributed by atoms with Gasteiger partial charge in [-0.25, -0.2) is 9.18 Å². The molecule has 3 aromatic rings. The summed E-state index contributed by atoms with van der Waals surface area (Å²) in [6.07, 6.45) is 3.28. The Labute approximate surface area is 139 Å². The second-order valence-corrected chi connectivity index (χ2v) is 6.58. The van der Waals surface area contributed by atoms with Crippen molar-refractivity contribution >= 4 is 39.9 Å². The fraction of sp³-hybridized carbons (Fsp3) is 0.0714. The third-order valence-electron chi connectivity index (χ3n) is 2.65. The van der Waals surface area contributed by atoms with E-state index in [9.17, 15) is 9.18 Å². The Balaban J connectivity index is 1.52. The van der Waals surface area contributed by atoms with E-state index in [1.807, 2.05) is 6.07 Å². The van der Waals surface area contributed by atoms with Crippen molar-refractivity contribution in [2.45, 2.75) is 10.1 Å². The molecule has 3 rings (SSSR count). The molecule has 0 saturated heterocycles. The summed E-state index contributed by atoms with van der Waals surface area (Å²) in [5, 5.41) is 13.3. The van der Waals surface area contributed by atoms with Crippen LogP contribution in [0, 0.1) is 5.82 Å². The van der Waals surface area contributed by atoms with E-state index in [0.717, 1.165) is 9.90 Å². The molecule has 9 heteroatoms. The zero-order chi connectivity index (χ0) is 16.1. The van der Waals surface area contributed by atoms with Crippen molar-refractivity contribution < 1.29 is 13.6 Å². The van der Waals surface area contributed by atoms with Gasteiger partial charge in [0.15, 0.2) is 4.34 Å². The number of thioether (sulfide) groups is 1. The lowest BCUT2D eigenvalue weighted by atomic mass is 10.3. The largest absolute Gasteiger partial charge is 0.472 e. The lowest BCUT2D eigenvalue weighted by Crippen LogP contribution is -2.19. The first-order valence-electron chi connectivity index (χ1n) is 6.50. The summed E-state index contributed by atoms with van der Waals surface area (Å²) in [4.78, 5) is 11.8. The molecule has 0 unspecified atom stereocenters. The average Bonchev–Trinajstić information content (AvgIpc) is 3.16. The lowest BCUT2D eigenvalue weighted by Gasteiger charge is -2.04. The van der Waals surface area contributed by atoms with Crippen LogP contribution < -0.4 is 10.6 Å². The Kier molecular flexibility index (Phi) is 4.89. The van der Waals surface area contributed by atoms with Gasteiger partial charge in [0.2, 0.25) is 5.13 Å². The number of furan rings is 1. The number of anilines is 2. The molecule has 2 aromatic heterocycles. The molecule has 0 spiro atoms. The number of amides is 2. The van der Waals surface area contributed by atoms with Crippen LogP contribution in [0.2, 0.25) is 0 Å². The quantitative estimate of drug-likeness (QED) is 0.532. The fourth-order valence-corrected chi connectivity index (χ4v) is 3.34. The third-order valence-corrected chi connectivity index (χ3v) is 4.69. The summed E-state index contributed by atoms with van der Waals surface area (Å²) in [6, 6.07) is 7.01. The minimum Gasteiger partial charge on any atom is -0.472 e. The van der Waals surface area contributed by atoms with Gasteiger partial charge in [0.25, 0.3) is 0 Å². The zero-order valence-electron chi connectivity index (χ0n) is 11.7. The molecule has 0 fully saturated rings. The number of hydrogen-bond donors (Lipinski definition) is 2. The maximum atomic E-state index is 13.0. The highest BCUT2D eigenvalue weighted by atomic mass is 32.2. The van der Waals surface area contributed by atoms with Gasteiger partial charge >= 0.3 is 6.03 Å². The van der Waals surface area contributed by atoms with Crippen LogP contribution >= 0.6 is 23.1 Å². The van der Waals surface area contributed by atoms with Crippen molar-refractivity contribution in [2.24, 2.45) is 0 Å². The number of aromatic nitrogens is 2. The van der Waals surface area contributed by atoms with Gasteiger partial charge in [-0.05, 0) is 24.3 Å².